The molecule has 0 bridgehead atoms. The van der Waals surface area contributed by atoms with E-state index >= 15 is 0 Å². The molecule has 0 unspecified atom stereocenters. The number of anilines is 1. The summed E-state index contributed by atoms with van der Waals surface area (Å²) in [6, 6.07) is 5.43. The summed E-state index contributed by atoms with van der Waals surface area (Å²) in [7, 11) is 1.59. The topological polar surface area (TPSA) is 59.6 Å². The van der Waals surface area contributed by atoms with Gasteiger partial charge < -0.3 is 20.1 Å². The molecule has 1 rings (SSSR count). The molecule has 0 aliphatic heterocycles. The van der Waals surface area contributed by atoms with Gasteiger partial charge >= 0.3 is 6.03 Å². The Balaban J connectivity index is 2.62. The van der Waals surface area contributed by atoms with Gasteiger partial charge in [-0.1, -0.05) is 13.0 Å². The van der Waals surface area contributed by atoms with Gasteiger partial charge in [0, 0.05) is 13.7 Å². The number of urea groups is 1. The molecule has 19 heavy (non-hydrogen) atoms. The minimum Gasteiger partial charge on any atom is -0.491 e. The van der Waals surface area contributed by atoms with E-state index in [1.807, 2.05) is 32.0 Å². The number of aryl methyl sites for hydroxylation is 1. The molecule has 1 aromatic carbocycles. The molecule has 0 saturated heterocycles. The normalized spacial score (nSPS) is 10.1. The van der Waals surface area contributed by atoms with Crippen molar-refractivity contribution in [3.63, 3.8) is 0 Å². The summed E-state index contributed by atoms with van der Waals surface area (Å²) in [4.78, 5) is 11.7. The van der Waals surface area contributed by atoms with Crippen molar-refractivity contribution in [3.05, 3.63) is 23.8 Å². The average Bonchev–Trinajstić information content (AvgIpc) is 2.39. The van der Waals surface area contributed by atoms with Crippen LogP contribution in [0.2, 0.25) is 0 Å². The van der Waals surface area contributed by atoms with E-state index < -0.39 is 0 Å². The lowest BCUT2D eigenvalue weighted by molar-refractivity contribution is 0.198. The molecule has 0 saturated carbocycles. The van der Waals surface area contributed by atoms with Crippen molar-refractivity contribution >= 4 is 11.7 Å². The van der Waals surface area contributed by atoms with E-state index in [0.29, 0.717) is 31.2 Å². The highest BCUT2D eigenvalue weighted by molar-refractivity contribution is 5.90. The van der Waals surface area contributed by atoms with E-state index in [9.17, 15) is 4.79 Å². The highest BCUT2D eigenvalue weighted by Gasteiger charge is 2.07. The standard InChI is InChI=1S/C14H22N2O3/c1-4-8-19-13-10-11(2)5-6-12(13)16-14(17)15-7-9-18-3/h5-6,10H,4,7-9H2,1-3H3,(H2,15,16,17). The summed E-state index contributed by atoms with van der Waals surface area (Å²) in [6.07, 6.45) is 0.924. The first kappa shape index (κ1) is 15.3. The molecule has 0 aromatic heterocycles. The molecule has 0 spiro atoms. The van der Waals surface area contributed by atoms with Crippen molar-refractivity contribution in [1.29, 1.82) is 0 Å². The van der Waals surface area contributed by atoms with Crippen LogP contribution in [-0.4, -0.2) is 32.9 Å². The minimum absolute atomic E-state index is 0.262. The summed E-state index contributed by atoms with van der Waals surface area (Å²) >= 11 is 0. The second-order valence-corrected chi connectivity index (χ2v) is 4.22. The molecule has 0 heterocycles. The van der Waals surface area contributed by atoms with Crippen LogP contribution in [0.4, 0.5) is 10.5 Å². The fourth-order valence-corrected chi connectivity index (χ4v) is 1.50. The van der Waals surface area contributed by atoms with Crippen LogP contribution in [0.3, 0.4) is 0 Å². The molecule has 0 fully saturated rings. The van der Waals surface area contributed by atoms with Gasteiger partial charge in [-0.15, -0.1) is 0 Å². The van der Waals surface area contributed by atoms with E-state index in [4.69, 9.17) is 9.47 Å². The number of hydrogen-bond donors (Lipinski definition) is 2. The largest absolute Gasteiger partial charge is 0.491 e. The summed E-state index contributed by atoms with van der Waals surface area (Å²) < 4.78 is 10.5. The second-order valence-electron chi connectivity index (χ2n) is 4.22. The maximum Gasteiger partial charge on any atom is 0.319 e. The Kier molecular flexibility index (Phi) is 6.74. The van der Waals surface area contributed by atoms with E-state index in [1.54, 1.807) is 7.11 Å². The van der Waals surface area contributed by atoms with Gasteiger partial charge in [-0.25, -0.2) is 4.79 Å². The highest BCUT2D eigenvalue weighted by Crippen LogP contribution is 2.25. The molecule has 0 aliphatic carbocycles. The van der Waals surface area contributed by atoms with Crippen molar-refractivity contribution in [1.82, 2.24) is 5.32 Å². The van der Waals surface area contributed by atoms with Gasteiger partial charge in [-0.3, -0.25) is 0 Å². The van der Waals surface area contributed by atoms with Crippen LogP contribution in [0.5, 0.6) is 5.75 Å². The molecule has 5 nitrogen and oxygen atoms in total. The number of hydrogen-bond acceptors (Lipinski definition) is 3. The minimum atomic E-state index is -0.262. The lowest BCUT2D eigenvalue weighted by atomic mass is 10.2. The molecular weight excluding hydrogens is 244 g/mol. The summed E-state index contributed by atoms with van der Waals surface area (Å²) in [5.74, 6) is 0.698. The lowest BCUT2D eigenvalue weighted by Gasteiger charge is -2.13. The third-order valence-corrected chi connectivity index (χ3v) is 2.44. The Morgan fingerprint density at radius 2 is 2.11 bits per heavy atom. The lowest BCUT2D eigenvalue weighted by Crippen LogP contribution is -2.31. The van der Waals surface area contributed by atoms with Gasteiger partial charge in [0.2, 0.25) is 0 Å². The first-order valence-corrected chi connectivity index (χ1v) is 6.44. The molecular formula is C14H22N2O3. The zero-order valence-electron chi connectivity index (χ0n) is 11.8. The number of amides is 2. The first-order chi connectivity index (χ1) is 9.17. The average molecular weight is 266 g/mol. The maximum atomic E-state index is 11.7. The van der Waals surface area contributed by atoms with Crippen LogP contribution in [0.25, 0.3) is 0 Å². The Morgan fingerprint density at radius 1 is 1.32 bits per heavy atom. The van der Waals surface area contributed by atoms with Crippen LogP contribution in [0, 0.1) is 6.92 Å². The van der Waals surface area contributed by atoms with Crippen LogP contribution < -0.4 is 15.4 Å². The zero-order valence-corrected chi connectivity index (χ0v) is 11.8. The molecule has 0 atom stereocenters. The van der Waals surface area contributed by atoms with E-state index in [0.717, 1.165) is 12.0 Å². The Labute approximate surface area is 114 Å². The number of ether oxygens (including phenoxy) is 2. The fraction of sp³-hybridized carbons (Fsp3) is 0.500. The summed E-state index contributed by atoms with van der Waals surface area (Å²) in [5.41, 5.74) is 1.77. The van der Waals surface area contributed by atoms with Crippen LogP contribution in [0.15, 0.2) is 18.2 Å². The Hall–Kier alpha value is -1.75. The molecule has 5 heteroatoms. The van der Waals surface area contributed by atoms with E-state index in [2.05, 4.69) is 10.6 Å². The van der Waals surface area contributed by atoms with Gasteiger partial charge in [0.15, 0.2) is 0 Å². The molecule has 106 valence electrons. The Morgan fingerprint density at radius 3 is 2.79 bits per heavy atom. The fourth-order valence-electron chi connectivity index (χ4n) is 1.50. The van der Waals surface area contributed by atoms with Crippen LogP contribution >= 0.6 is 0 Å². The van der Waals surface area contributed by atoms with Gasteiger partial charge in [-0.2, -0.15) is 0 Å². The molecule has 0 aliphatic rings. The number of methoxy groups -OCH3 is 1. The van der Waals surface area contributed by atoms with Crippen molar-refractivity contribution in [2.75, 3.05) is 32.2 Å². The predicted octanol–water partition coefficient (Wildman–Crippen LogP) is 2.55. The number of rotatable bonds is 7. The molecule has 2 amide bonds. The number of carbonyl (C=O) groups is 1. The first-order valence-electron chi connectivity index (χ1n) is 6.44. The molecule has 0 radical (unpaired) electrons. The maximum absolute atomic E-state index is 11.7. The van der Waals surface area contributed by atoms with Crippen molar-refractivity contribution in [2.45, 2.75) is 20.3 Å². The summed E-state index contributed by atoms with van der Waals surface area (Å²) in [6.45, 7) is 5.62. The highest BCUT2D eigenvalue weighted by atomic mass is 16.5. The smallest absolute Gasteiger partial charge is 0.319 e. The quantitative estimate of drug-likeness (QED) is 0.746. The zero-order chi connectivity index (χ0) is 14.1. The van der Waals surface area contributed by atoms with Gasteiger partial charge in [0.05, 0.1) is 18.9 Å². The number of benzene rings is 1. The van der Waals surface area contributed by atoms with Crippen LogP contribution in [0.1, 0.15) is 18.9 Å². The predicted molar refractivity (Wildman–Crippen MR) is 75.9 cm³/mol. The third-order valence-electron chi connectivity index (χ3n) is 2.44. The monoisotopic (exact) mass is 266 g/mol. The SMILES string of the molecule is CCCOc1cc(C)ccc1NC(=O)NCCOC. The third kappa shape index (κ3) is 5.61. The van der Waals surface area contributed by atoms with Crippen molar-refractivity contribution < 1.29 is 14.3 Å². The number of carbonyl (C=O) groups excluding carboxylic acids is 1. The van der Waals surface area contributed by atoms with Crippen LogP contribution in [-0.2, 0) is 4.74 Å². The molecule has 1 aromatic rings. The summed E-state index contributed by atoms with van der Waals surface area (Å²) in [5, 5.41) is 5.47. The van der Waals surface area contributed by atoms with E-state index in [-0.39, 0.29) is 6.03 Å². The second kappa shape index (κ2) is 8.37. The van der Waals surface area contributed by atoms with Crippen molar-refractivity contribution in [2.24, 2.45) is 0 Å². The van der Waals surface area contributed by atoms with Gasteiger partial charge in [0.25, 0.3) is 0 Å². The van der Waals surface area contributed by atoms with Gasteiger partial charge in [-0.05, 0) is 31.0 Å². The van der Waals surface area contributed by atoms with E-state index in [1.165, 1.54) is 0 Å². The van der Waals surface area contributed by atoms with Crippen molar-refractivity contribution in [3.8, 4) is 5.75 Å². The Bertz CT molecular complexity index is 408. The van der Waals surface area contributed by atoms with Gasteiger partial charge in [0.1, 0.15) is 5.75 Å². The molecule has 2 N–H and O–H groups in total. The number of nitrogens with one attached hydrogen (secondary N) is 2.